The number of hydrogen-bond acceptors (Lipinski definition) is 4. The third kappa shape index (κ3) is 2.59. The van der Waals surface area contributed by atoms with Crippen LogP contribution in [0.3, 0.4) is 0 Å². The number of ether oxygens (including phenoxy) is 1. The molecule has 0 saturated carbocycles. The van der Waals surface area contributed by atoms with Crippen LogP contribution in [0.2, 0.25) is 0 Å². The van der Waals surface area contributed by atoms with Gasteiger partial charge in [0.1, 0.15) is 5.76 Å². The highest BCUT2D eigenvalue weighted by atomic mass is 16.5. The normalized spacial score (nSPS) is 17.6. The Balaban J connectivity index is 1.91. The SMILES string of the molecule is O=C1C=C(c2ccccc2)OC(=O)[C@@H]1C(=O)c1ccccc1. The van der Waals surface area contributed by atoms with E-state index < -0.39 is 23.5 Å². The van der Waals surface area contributed by atoms with Gasteiger partial charge < -0.3 is 4.74 Å². The van der Waals surface area contributed by atoms with Crippen molar-refractivity contribution in [1.82, 2.24) is 0 Å². The zero-order valence-corrected chi connectivity index (χ0v) is 11.6. The van der Waals surface area contributed by atoms with E-state index in [1.807, 2.05) is 6.07 Å². The molecule has 4 nitrogen and oxygen atoms in total. The minimum atomic E-state index is -1.42. The van der Waals surface area contributed by atoms with Crippen LogP contribution in [0.1, 0.15) is 15.9 Å². The molecule has 1 heterocycles. The van der Waals surface area contributed by atoms with E-state index in [1.54, 1.807) is 54.6 Å². The van der Waals surface area contributed by atoms with Gasteiger partial charge in [0.15, 0.2) is 17.5 Å². The van der Waals surface area contributed by atoms with Gasteiger partial charge in [0.05, 0.1) is 0 Å². The summed E-state index contributed by atoms with van der Waals surface area (Å²) in [5, 5.41) is 0. The lowest BCUT2D eigenvalue weighted by Crippen LogP contribution is -2.35. The molecule has 3 rings (SSSR count). The average Bonchev–Trinajstić information content (AvgIpc) is 2.55. The molecule has 22 heavy (non-hydrogen) atoms. The summed E-state index contributed by atoms with van der Waals surface area (Å²) in [4.78, 5) is 36.6. The van der Waals surface area contributed by atoms with Crippen molar-refractivity contribution in [2.45, 2.75) is 0 Å². The number of carbonyl (C=O) groups excluding carboxylic acids is 3. The molecule has 108 valence electrons. The molecule has 1 aliphatic rings. The summed E-state index contributed by atoms with van der Waals surface area (Å²) in [6.07, 6.45) is 1.21. The van der Waals surface area contributed by atoms with E-state index in [0.717, 1.165) is 0 Å². The second-order valence-corrected chi connectivity index (χ2v) is 4.86. The summed E-state index contributed by atoms with van der Waals surface area (Å²) in [6, 6.07) is 17.1. The number of esters is 1. The van der Waals surface area contributed by atoms with Crippen LogP contribution in [0.25, 0.3) is 5.76 Å². The van der Waals surface area contributed by atoms with Crippen molar-refractivity contribution in [3.8, 4) is 0 Å². The number of allylic oxidation sites excluding steroid dienone is 1. The summed E-state index contributed by atoms with van der Waals surface area (Å²) in [5.41, 5.74) is 0.934. The number of ketones is 2. The lowest BCUT2D eigenvalue weighted by molar-refractivity contribution is -0.143. The fourth-order valence-electron chi connectivity index (χ4n) is 2.28. The van der Waals surface area contributed by atoms with E-state index in [1.165, 1.54) is 6.08 Å². The molecule has 0 bridgehead atoms. The Kier molecular flexibility index (Phi) is 3.66. The van der Waals surface area contributed by atoms with E-state index in [4.69, 9.17) is 4.74 Å². The molecule has 2 aromatic rings. The maximum Gasteiger partial charge on any atom is 0.330 e. The summed E-state index contributed by atoms with van der Waals surface area (Å²) < 4.78 is 5.18. The Bertz CT molecular complexity index is 760. The van der Waals surface area contributed by atoms with E-state index in [-0.39, 0.29) is 5.76 Å². The Morgan fingerprint density at radius 3 is 2.05 bits per heavy atom. The second kappa shape index (κ2) is 5.77. The molecular weight excluding hydrogens is 280 g/mol. The number of rotatable bonds is 3. The molecule has 1 atom stereocenters. The van der Waals surface area contributed by atoms with Crippen molar-refractivity contribution in [2.75, 3.05) is 0 Å². The van der Waals surface area contributed by atoms with E-state index in [2.05, 4.69) is 0 Å². The first-order chi connectivity index (χ1) is 10.7. The van der Waals surface area contributed by atoms with Crippen LogP contribution >= 0.6 is 0 Å². The molecule has 0 aromatic heterocycles. The number of hydrogen-bond donors (Lipinski definition) is 0. The Morgan fingerprint density at radius 1 is 0.864 bits per heavy atom. The van der Waals surface area contributed by atoms with E-state index >= 15 is 0 Å². The molecule has 2 aromatic carbocycles. The molecule has 0 radical (unpaired) electrons. The largest absolute Gasteiger partial charge is 0.425 e. The van der Waals surface area contributed by atoms with Crippen molar-refractivity contribution in [2.24, 2.45) is 5.92 Å². The first-order valence-corrected chi connectivity index (χ1v) is 6.79. The summed E-state index contributed by atoms with van der Waals surface area (Å²) >= 11 is 0. The number of benzene rings is 2. The smallest absolute Gasteiger partial charge is 0.330 e. The van der Waals surface area contributed by atoms with Crippen LogP contribution in [0, 0.1) is 5.92 Å². The first kappa shape index (κ1) is 13.9. The van der Waals surface area contributed by atoms with Crippen LogP contribution in [-0.2, 0) is 14.3 Å². The van der Waals surface area contributed by atoms with Gasteiger partial charge in [-0.1, -0.05) is 60.7 Å². The Labute approximate surface area is 127 Å². The predicted octanol–water partition coefficient (Wildman–Crippen LogP) is 2.65. The lowest BCUT2D eigenvalue weighted by Gasteiger charge is -2.19. The third-order valence-corrected chi connectivity index (χ3v) is 3.38. The van der Waals surface area contributed by atoms with Crippen LogP contribution in [0.4, 0.5) is 0 Å². The fraction of sp³-hybridized carbons (Fsp3) is 0.0556. The van der Waals surface area contributed by atoms with Crippen LogP contribution in [0.5, 0.6) is 0 Å². The predicted molar refractivity (Wildman–Crippen MR) is 79.8 cm³/mol. The minimum Gasteiger partial charge on any atom is -0.425 e. The van der Waals surface area contributed by atoms with E-state index in [0.29, 0.717) is 11.1 Å². The van der Waals surface area contributed by atoms with Gasteiger partial charge in [0, 0.05) is 17.2 Å². The van der Waals surface area contributed by atoms with Gasteiger partial charge in [-0.2, -0.15) is 0 Å². The van der Waals surface area contributed by atoms with Gasteiger partial charge in [-0.25, -0.2) is 0 Å². The topological polar surface area (TPSA) is 60.4 Å². The van der Waals surface area contributed by atoms with Crippen molar-refractivity contribution < 1.29 is 19.1 Å². The van der Waals surface area contributed by atoms with Crippen LogP contribution < -0.4 is 0 Å². The molecule has 0 spiro atoms. The molecule has 1 aliphatic heterocycles. The van der Waals surface area contributed by atoms with Gasteiger partial charge in [0.25, 0.3) is 0 Å². The Hall–Kier alpha value is -3.01. The quantitative estimate of drug-likeness (QED) is 0.496. The molecule has 0 aliphatic carbocycles. The molecule has 0 saturated heterocycles. The zero-order chi connectivity index (χ0) is 15.5. The van der Waals surface area contributed by atoms with Crippen LogP contribution in [0.15, 0.2) is 66.7 Å². The van der Waals surface area contributed by atoms with Crippen molar-refractivity contribution in [3.63, 3.8) is 0 Å². The maximum absolute atomic E-state index is 12.3. The van der Waals surface area contributed by atoms with Crippen molar-refractivity contribution in [3.05, 3.63) is 77.9 Å². The van der Waals surface area contributed by atoms with E-state index in [9.17, 15) is 14.4 Å². The van der Waals surface area contributed by atoms with Crippen molar-refractivity contribution >= 4 is 23.3 Å². The van der Waals surface area contributed by atoms with Gasteiger partial charge in [-0.05, 0) is 0 Å². The summed E-state index contributed by atoms with van der Waals surface area (Å²) in [5.74, 6) is -3.18. The number of carbonyl (C=O) groups is 3. The number of Topliss-reactive ketones (excluding diaryl/α,β-unsaturated/α-hetero) is 1. The van der Waals surface area contributed by atoms with Crippen molar-refractivity contribution in [1.29, 1.82) is 0 Å². The Morgan fingerprint density at radius 2 is 1.45 bits per heavy atom. The highest BCUT2D eigenvalue weighted by Crippen LogP contribution is 2.25. The molecule has 0 unspecified atom stereocenters. The molecular formula is C18H12O4. The maximum atomic E-state index is 12.3. The standard InChI is InChI=1S/C18H12O4/c19-14-11-15(12-7-3-1-4-8-12)22-18(21)16(14)17(20)13-9-5-2-6-10-13/h1-11,16H/t16-/m0/s1. The summed E-state index contributed by atoms with van der Waals surface area (Å²) in [6.45, 7) is 0. The first-order valence-electron chi connectivity index (χ1n) is 6.79. The van der Waals surface area contributed by atoms with Gasteiger partial charge in [0.2, 0.25) is 0 Å². The number of cyclic esters (lactones) is 1. The molecule has 0 amide bonds. The third-order valence-electron chi connectivity index (χ3n) is 3.38. The molecule has 0 fully saturated rings. The lowest BCUT2D eigenvalue weighted by atomic mass is 9.91. The van der Waals surface area contributed by atoms with Gasteiger partial charge >= 0.3 is 5.97 Å². The zero-order valence-electron chi connectivity index (χ0n) is 11.6. The fourth-order valence-corrected chi connectivity index (χ4v) is 2.28. The summed E-state index contributed by atoms with van der Waals surface area (Å²) in [7, 11) is 0. The van der Waals surface area contributed by atoms with Crippen LogP contribution in [-0.4, -0.2) is 17.5 Å². The monoisotopic (exact) mass is 292 g/mol. The highest BCUT2D eigenvalue weighted by molar-refractivity contribution is 6.28. The highest BCUT2D eigenvalue weighted by Gasteiger charge is 2.39. The second-order valence-electron chi connectivity index (χ2n) is 4.86. The molecule has 4 heteroatoms. The van der Waals surface area contributed by atoms with Gasteiger partial charge in [-0.15, -0.1) is 0 Å². The molecule has 0 N–H and O–H groups in total. The minimum absolute atomic E-state index is 0.174. The van der Waals surface area contributed by atoms with Gasteiger partial charge in [-0.3, -0.25) is 14.4 Å². The average molecular weight is 292 g/mol.